The lowest BCUT2D eigenvalue weighted by atomic mass is 10.1. The summed E-state index contributed by atoms with van der Waals surface area (Å²) in [7, 11) is 3.76. The Hall–Kier alpha value is -2.92. The van der Waals surface area contributed by atoms with Gasteiger partial charge in [0.2, 0.25) is 5.91 Å². The summed E-state index contributed by atoms with van der Waals surface area (Å²) in [4.78, 5) is 18.7. The molecule has 1 heterocycles. The van der Waals surface area contributed by atoms with Crippen molar-refractivity contribution >= 4 is 28.3 Å². The van der Waals surface area contributed by atoms with Gasteiger partial charge in [0.1, 0.15) is 5.82 Å². The smallest absolute Gasteiger partial charge is 0.238 e. The van der Waals surface area contributed by atoms with E-state index in [1.165, 1.54) is 11.1 Å². The fraction of sp³-hybridized carbons (Fsp3) is 0.273. The zero-order valence-corrected chi connectivity index (χ0v) is 15.7. The molecule has 138 valence electrons. The zero-order valence-electron chi connectivity index (χ0n) is 15.7. The number of fused-ring (bicyclic) bond motifs is 2. The van der Waals surface area contributed by atoms with E-state index in [0.717, 1.165) is 35.2 Å². The maximum atomic E-state index is 12.1. The van der Waals surface area contributed by atoms with Gasteiger partial charge in [-0.05, 0) is 62.3 Å². The van der Waals surface area contributed by atoms with Crippen molar-refractivity contribution in [1.29, 1.82) is 0 Å². The fourth-order valence-corrected chi connectivity index (χ4v) is 3.71. The van der Waals surface area contributed by atoms with Crippen LogP contribution in [0.5, 0.6) is 0 Å². The Bertz CT molecular complexity index is 983. The molecule has 0 saturated carbocycles. The molecule has 0 radical (unpaired) electrons. The van der Waals surface area contributed by atoms with Crippen LogP contribution in [0, 0.1) is 0 Å². The van der Waals surface area contributed by atoms with E-state index in [9.17, 15) is 4.79 Å². The normalized spacial score (nSPS) is 15.7. The van der Waals surface area contributed by atoms with Gasteiger partial charge in [0, 0.05) is 5.39 Å². The average molecular weight is 360 g/mol. The number of hydrogen-bond donors (Lipinski definition) is 2. The number of aromatic nitrogens is 1. The van der Waals surface area contributed by atoms with E-state index in [1.807, 2.05) is 49.3 Å². The molecule has 0 aliphatic heterocycles. The average Bonchev–Trinajstić information content (AvgIpc) is 3.04. The largest absolute Gasteiger partial charge is 0.363 e. The van der Waals surface area contributed by atoms with Gasteiger partial charge in [0.15, 0.2) is 0 Å². The Morgan fingerprint density at radius 2 is 1.96 bits per heavy atom. The number of carbonyl (C=O) groups excluding carboxylic acids is 1. The second-order valence-electron chi connectivity index (χ2n) is 7.29. The van der Waals surface area contributed by atoms with Crippen molar-refractivity contribution in [3.05, 3.63) is 65.7 Å². The summed E-state index contributed by atoms with van der Waals surface area (Å²) in [5.74, 6) is 0.832. The maximum Gasteiger partial charge on any atom is 0.238 e. The molecule has 0 unspecified atom stereocenters. The number of amides is 1. The van der Waals surface area contributed by atoms with Crippen LogP contribution < -0.4 is 10.6 Å². The summed E-state index contributed by atoms with van der Waals surface area (Å²) in [5, 5.41) is 7.50. The molecular weight excluding hydrogens is 336 g/mol. The van der Waals surface area contributed by atoms with E-state index in [-0.39, 0.29) is 5.91 Å². The number of pyridine rings is 1. The molecule has 4 rings (SSSR count). The van der Waals surface area contributed by atoms with Crippen molar-refractivity contribution in [3.8, 4) is 0 Å². The number of anilines is 2. The van der Waals surface area contributed by atoms with Gasteiger partial charge in [-0.1, -0.05) is 30.3 Å². The number of likely N-dealkylation sites (N-methyl/N-ethyl adjacent to an activating group) is 1. The molecule has 0 spiro atoms. The molecule has 2 N–H and O–H groups in total. The minimum Gasteiger partial charge on any atom is -0.363 e. The SMILES string of the molecule is CN(C)CC(=O)Nc1cccc2nc(N[C@@H]3CCc4ccccc43)ccc12. The number of aryl methyl sites for hydroxylation is 1. The molecular formula is C22H24N4O. The van der Waals surface area contributed by atoms with Crippen molar-refractivity contribution in [1.82, 2.24) is 9.88 Å². The minimum atomic E-state index is -0.0303. The van der Waals surface area contributed by atoms with Crippen LogP contribution in [0.3, 0.4) is 0 Å². The third-order valence-electron chi connectivity index (χ3n) is 4.92. The molecule has 1 aromatic heterocycles. The predicted molar refractivity (Wildman–Crippen MR) is 110 cm³/mol. The van der Waals surface area contributed by atoms with E-state index in [0.29, 0.717) is 12.6 Å². The van der Waals surface area contributed by atoms with Crippen molar-refractivity contribution in [3.63, 3.8) is 0 Å². The Labute approximate surface area is 159 Å². The van der Waals surface area contributed by atoms with Crippen molar-refractivity contribution < 1.29 is 4.79 Å². The van der Waals surface area contributed by atoms with Gasteiger partial charge in [-0.3, -0.25) is 4.79 Å². The summed E-state index contributed by atoms with van der Waals surface area (Å²) in [6.07, 6.45) is 2.18. The lowest BCUT2D eigenvalue weighted by Crippen LogP contribution is -2.27. The van der Waals surface area contributed by atoms with Gasteiger partial charge < -0.3 is 15.5 Å². The van der Waals surface area contributed by atoms with E-state index < -0.39 is 0 Å². The van der Waals surface area contributed by atoms with Crippen LogP contribution in [0.4, 0.5) is 11.5 Å². The minimum absolute atomic E-state index is 0.0303. The number of hydrogen-bond acceptors (Lipinski definition) is 4. The molecule has 3 aromatic rings. The van der Waals surface area contributed by atoms with Gasteiger partial charge in [-0.2, -0.15) is 0 Å². The quantitative estimate of drug-likeness (QED) is 0.726. The van der Waals surface area contributed by atoms with Gasteiger partial charge in [-0.25, -0.2) is 4.98 Å². The molecule has 0 bridgehead atoms. The van der Waals surface area contributed by atoms with Gasteiger partial charge >= 0.3 is 0 Å². The first-order valence-electron chi connectivity index (χ1n) is 9.29. The first kappa shape index (κ1) is 17.5. The molecule has 1 aliphatic rings. The molecule has 27 heavy (non-hydrogen) atoms. The topological polar surface area (TPSA) is 57.3 Å². The molecule has 5 nitrogen and oxygen atoms in total. The van der Waals surface area contributed by atoms with Crippen LogP contribution in [0.15, 0.2) is 54.6 Å². The molecule has 1 amide bonds. The Morgan fingerprint density at radius 3 is 2.81 bits per heavy atom. The van der Waals surface area contributed by atoms with E-state index in [2.05, 4.69) is 34.9 Å². The van der Waals surface area contributed by atoms with Crippen LogP contribution in [0.25, 0.3) is 10.9 Å². The zero-order chi connectivity index (χ0) is 18.8. The summed E-state index contributed by atoms with van der Waals surface area (Å²) in [5.41, 5.74) is 4.45. The second-order valence-corrected chi connectivity index (χ2v) is 7.29. The maximum absolute atomic E-state index is 12.1. The van der Waals surface area contributed by atoms with Crippen LogP contribution >= 0.6 is 0 Å². The van der Waals surface area contributed by atoms with E-state index in [1.54, 1.807) is 0 Å². The lowest BCUT2D eigenvalue weighted by molar-refractivity contribution is -0.116. The first-order valence-corrected chi connectivity index (χ1v) is 9.29. The summed E-state index contributed by atoms with van der Waals surface area (Å²) < 4.78 is 0. The highest BCUT2D eigenvalue weighted by Gasteiger charge is 2.22. The highest BCUT2D eigenvalue weighted by Crippen LogP contribution is 2.34. The number of carbonyl (C=O) groups is 1. The van der Waals surface area contributed by atoms with Crippen LogP contribution in [0.1, 0.15) is 23.6 Å². The van der Waals surface area contributed by atoms with Crippen molar-refractivity contribution in [2.24, 2.45) is 0 Å². The van der Waals surface area contributed by atoms with Gasteiger partial charge in [0.05, 0.1) is 23.8 Å². The molecule has 5 heteroatoms. The highest BCUT2D eigenvalue weighted by atomic mass is 16.2. The number of nitrogens with one attached hydrogen (secondary N) is 2. The number of rotatable bonds is 5. The summed E-state index contributed by atoms with van der Waals surface area (Å²) in [6.45, 7) is 0.352. The summed E-state index contributed by atoms with van der Waals surface area (Å²) in [6, 6.07) is 18.7. The third kappa shape index (κ3) is 3.78. The summed E-state index contributed by atoms with van der Waals surface area (Å²) >= 11 is 0. The van der Waals surface area contributed by atoms with Gasteiger partial charge in [0.25, 0.3) is 0 Å². The molecule has 1 atom stereocenters. The van der Waals surface area contributed by atoms with Crippen molar-refractivity contribution in [2.45, 2.75) is 18.9 Å². The fourth-order valence-electron chi connectivity index (χ4n) is 3.71. The lowest BCUT2D eigenvalue weighted by Gasteiger charge is -2.16. The second kappa shape index (κ2) is 7.37. The Balaban J connectivity index is 1.56. The Kier molecular flexibility index (Phi) is 4.77. The van der Waals surface area contributed by atoms with Crippen LogP contribution in [0.2, 0.25) is 0 Å². The molecule has 0 saturated heterocycles. The Morgan fingerprint density at radius 1 is 1.11 bits per heavy atom. The first-order chi connectivity index (χ1) is 13.1. The third-order valence-corrected chi connectivity index (χ3v) is 4.92. The van der Waals surface area contributed by atoms with Gasteiger partial charge in [-0.15, -0.1) is 0 Å². The molecule has 0 fully saturated rings. The highest BCUT2D eigenvalue weighted by molar-refractivity contribution is 6.02. The van der Waals surface area contributed by atoms with Crippen LogP contribution in [-0.2, 0) is 11.2 Å². The standard InChI is InChI=1S/C22H24N4O/c1-26(2)14-22(27)25-19-9-5-8-18-17(19)11-13-21(23-18)24-20-12-10-15-6-3-4-7-16(15)20/h3-9,11,13,20H,10,12,14H2,1-2H3,(H,23,24)(H,25,27)/t20-/m1/s1. The van der Waals surface area contributed by atoms with E-state index in [4.69, 9.17) is 4.98 Å². The number of benzene rings is 2. The predicted octanol–water partition coefficient (Wildman–Crippen LogP) is 3.83. The van der Waals surface area contributed by atoms with E-state index >= 15 is 0 Å². The van der Waals surface area contributed by atoms with Crippen LogP contribution in [-0.4, -0.2) is 36.4 Å². The van der Waals surface area contributed by atoms with Crippen molar-refractivity contribution in [2.75, 3.05) is 31.3 Å². The molecule has 2 aromatic carbocycles. The monoisotopic (exact) mass is 360 g/mol. The molecule has 1 aliphatic carbocycles. The number of nitrogens with zero attached hydrogens (tertiary/aromatic N) is 2.